The summed E-state index contributed by atoms with van der Waals surface area (Å²) in [5.74, 6) is 0.732. The molecule has 1 N–H and O–H groups in total. The van der Waals surface area contributed by atoms with Crippen LogP contribution in [0.2, 0.25) is 0 Å². The average molecular weight is 304 g/mol. The van der Waals surface area contributed by atoms with Gasteiger partial charge < -0.3 is 14.8 Å². The molecule has 0 unspecified atom stereocenters. The molecule has 1 saturated carbocycles. The summed E-state index contributed by atoms with van der Waals surface area (Å²) in [6.07, 6.45) is 9.89. The van der Waals surface area contributed by atoms with Crippen molar-refractivity contribution in [1.82, 2.24) is 10.3 Å². The van der Waals surface area contributed by atoms with Crippen LogP contribution in [0.15, 0.2) is 24.5 Å². The third kappa shape index (κ3) is 5.06. The molecule has 1 heterocycles. The first-order chi connectivity index (χ1) is 10.3. The molecule has 0 bridgehead atoms. The van der Waals surface area contributed by atoms with E-state index >= 15 is 0 Å². The van der Waals surface area contributed by atoms with E-state index in [4.69, 9.17) is 9.47 Å². The van der Waals surface area contributed by atoms with Gasteiger partial charge in [-0.05, 0) is 51.7 Å². The highest BCUT2D eigenvalue weighted by atomic mass is 16.6. The summed E-state index contributed by atoms with van der Waals surface area (Å²) in [4.78, 5) is 16.0. The summed E-state index contributed by atoms with van der Waals surface area (Å²) in [5.41, 5.74) is 0.361. The van der Waals surface area contributed by atoms with Gasteiger partial charge in [0.05, 0.1) is 13.3 Å². The van der Waals surface area contributed by atoms with Crippen LogP contribution in [-0.4, -0.2) is 29.3 Å². The maximum atomic E-state index is 11.8. The zero-order chi connectivity index (χ0) is 16.2. The number of rotatable bonds is 5. The fraction of sp³-hybridized carbons (Fsp3) is 0.529. The molecule has 0 spiro atoms. The van der Waals surface area contributed by atoms with Crippen molar-refractivity contribution in [1.29, 1.82) is 0 Å². The second kappa shape index (κ2) is 6.38. The van der Waals surface area contributed by atoms with E-state index < -0.39 is 5.60 Å². The summed E-state index contributed by atoms with van der Waals surface area (Å²) in [6.45, 7) is 5.59. The average Bonchev–Trinajstić information content (AvgIpc) is 3.16. The Balaban J connectivity index is 1.87. The zero-order valence-corrected chi connectivity index (χ0v) is 13.7. The lowest BCUT2D eigenvalue weighted by atomic mass is 10.1. The molecule has 1 aromatic heterocycles. The molecule has 1 aliphatic carbocycles. The number of methoxy groups -OCH3 is 1. The lowest BCUT2D eigenvalue weighted by Crippen LogP contribution is -2.40. The minimum Gasteiger partial charge on any atom is -0.495 e. The Kier molecular flexibility index (Phi) is 4.74. The minimum absolute atomic E-state index is 0.148. The van der Waals surface area contributed by atoms with Crippen LogP contribution in [0.1, 0.15) is 45.6 Å². The molecule has 1 amide bonds. The van der Waals surface area contributed by atoms with Gasteiger partial charge in [-0.15, -0.1) is 0 Å². The zero-order valence-electron chi connectivity index (χ0n) is 13.7. The molecule has 0 aromatic carbocycles. The molecule has 22 heavy (non-hydrogen) atoms. The SMILES string of the molecule is COc1cncc(/C=C/CC2(NC(=O)OC(C)(C)C)CC2)c1. The maximum absolute atomic E-state index is 11.8. The summed E-state index contributed by atoms with van der Waals surface area (Å²) in [5, 5.41) is 2.98. The summed E-state index contributed by atoms with van der Waals surface area (Å²) >= 11 is 0. The predicted molar refractivity (Wildman–Crippen MR) is 85.8 cm³/mol. The lowest BCUT2D eigenvalue weighted by Gasteiger charge is -2.22. The molecular formula is C17H24N2O3. The number of aromatic nitrogens is 1. The van der Waals surface area contributed by atoms with Gasteiger partial charge in [-0.1, -0.05) is 12.2 Å². The molecule has 5 heteroatoms. The van der Waals surface area contributed by atoms with Crippen LogP contribution in [0, 0.1) is 0 Å². The van der Waals surface area contributed by atoms with Gasteiger partial charge >= 0.3 is 6.09 Å². The van der Waals surface area contributed by atoms with Crippen molar-refractivity contribution < 1.29 is 14.3 Å². The number of nitrogens with zero attached hydrogens (tertiary/aromatic N) is 1. The van der Waals surface area contributed by atoms with Crippen LogP contribution in [0.3, 0.4) is 0 Å². The molecule has 0 atom stereocenters. The van der Waals surface area contributed by atoms with Gasteiger partial charge in [0.1, 0.15) is 11.4 Å². The maximum Gasteiger partial charge on any atom is 0.408 e. The van der Waals surface area contributed by atoms with Gasteiger partial charge in [0, 0.05) is 11.7 Å². The normalized spacial score (nSPS) is 16.4. The monoisotopic (exact) mass is 304 g/mol. The number of alkyl carbamates (subject to hydrolysis) is 1. The number of carbonyl (C=O) groups excluding carboxylic acids is 1. The van der Waals surface area contributed by atoms with Gasteiger partial charge in [-0.2, -0.15) is 0 Å². The van der Waals surface area contributed by atoms with Gasteiger partial charge in [-0.3, -0.25) is 4.98 Å². The second-order valence-electron chi connectivity index (χ2n) is 6.67. The second-order valence-corrected chi connectivity index (χ2v) is 6.67. The van der Waals surface area contributed by atoms with Gasteiger partial charge in [-0.25, -0.2) is 4.79 Å². The molecule has 0 radical (unpaired) electrons. The summed E-state index contributed by atoms with van der Waals surface area (Å²) in [7, 11) is 1.62. The smallest absolute Gasteiger partial charge is 0.408 e. The largest absolute Gasteiger partial charge is 0.495 e. The molecule has 1 aliphatic rings. The Morgan fingerprint density at radius 2 is 2.14 bits per heavy atom. The van der Waals surface area contributed by atoms with Crippen LogP contribution in [0.25, 0.3) is 6.08 Å². The van der Waals surface area contributed by atoms with Crippen LogP contribution in [0.4, 0.5) is 4.79 Å². The molecule has 2 rings (SSSR count). The number of ether oxygens (including phenoxy) is 2. The van der Waals surface area contributed by atoms with E-state index in [-0.39, 0.29) is 11.6 Å². The van der Waals surface area contributed by atoms with Crippen molar-refractivity contribution >= 4 is 12.2 Å². The Morgan fingerprint density at radius 3 is 2.73 bits per heavy atom. The Labute approximate surface area is 131 Å². The molecule has 5 nitrogen and oxygen atoms in total. The Bertz CT molecular complexity index is 557. The first kappa shape index (κ1) is 16.3. The Hall–Kier alpha value is -2.04. The van der Waals surface area contributed by atoms with Gasteiger partial charge in [0.2, 0.25) is 0 Å². The van der Waals surface area contributed by atoms with Crippen molar-refractivity contribution in [3.63, 3.8) is 0 Å². The van der Waals surface area contributed by atoms with Crippen LogP contribution in [-0.2, 0) is 4.74 Å². The number of hydrogen-bond acceptors (Lipinski definition) is 4. The highest BCUT2D eigenvalue weighted by molar-refractivity contribution is 5.69. The fourth-order valence-corrected chi connectivity index (χ4v) is 2.11. The van der Waals surface area contributed by atoms with Crippen LogP contribution in [0.5, 0.6) is 5.75 Å². The van der Waals surface area contributed by atoms with Crippen LogP contribution < -0.4 is 10.1 Å². The predicted octanol–water partition coefficient (Wildman–Crippen LogP) is 3.55. The van der Waals surface area contributed by atoms with Crippen molar-refractivity contribution in [2.45, 2.75) is 51.2 Å². The highest BCUT2D eigenvalue weighted by Gasteiger charge is 2.43. The molecule has 0 aliphatic heterocycles. The molecular weight excluding hydrogens is 280 g/mol. The number of nitrogens with one attached hydrogen (secondary N) is 1. The van der Waals surface area contributed by atoms with Crippen molar-refractivity contribution in [2.75, 3.05) is 7.11 Å². The van der Waals surface area contributed by atoms with E-state index in [1.807, 2.05) is 32.9 Å². The van der Waals surface area contributed by atoms with E-state index in [0.29, 0.717) is 0 Å². The van der Waals surface area contributed by atoms with E-state index in [1.54, 1.807) is 19.5 Å². The summed E-state index contributed by atoms with van der Waals surface area (Å²) < 4.78 is 10.5. The lowest BCUT2D eigenvalue weighted by molar-refractivity contribution is 0.0497. The molecule has 1 aromatic rings. The van der Waals surface area contributed by atoms with Gasteiger partial charge in [0.15, 0.2) is 0 Å². The number of pyridine rings is 1. The standard InChI is InChI=1S/C17H24N2O3/c1-16(2,3)22-15(20)19-17(8-9-17)7-5-6-13-10-14(21-4)12-18-11-13/h5-6,10-12H,7-9H2,1-4H3,(H,19,20)/b6-5+. The third-order valence-corrected chi connectivity index (χ3v) is 3.41. The number of carbonyl (C=O) groups is 1. The molecule has 120 valence electrons. The van der Waals surface area contributed by atoms with E-state index in [9.17, 15) is 4.79 Å². The van der Waals surface area contributed by atoms with Crippen molar-refractivity contribution in [3.8, 4) is 5.75 Å². The minimum atomic E-state index is -0.470. The highest BCUT2D eigenvalue weighted by Crippen LogP contribution is 2.39. The Morgan fingerprint density at radius 1 is 1.41 bits per heavy atom. The first-order valence-corrected chi connectivity index (χ1v) is 7.49. The fourth-order valence-electron chi connectivity index (χ4n) is 2.11. The first-order valence-electron chi connectivity index (χ1n) is 7.49. The number of amides is 1. The van der Waals surface area contributed by atoms with Gasteiger partial charge in [0.25, 0.3) is 0 Å². The topological polar surface area (TPSA) is 60.5 Å². The van der Waals surface area contributed by atoms with E-state index in [2.05, 4.69) is 16.4 Å². The van der Waals surface area contributed by atoms with Crippen LogP contribution >= 0.6 is 0 Å². The number of hydrogen-bond donors (Lipinski definition) is 1. The quantitative estimate of drug-likeness (QED) is 0.903. The van der Waals surface area contributed by atoms with E-state index in [0.717, 1.165) is 30.6 Å². The third-order valence-electron chi connectivity index (χ3n) is 3.41. The van der Waals surface area contributed by atoms with E-state index in [1.165, 1.54) is 0 Å². The van der Waals surface area contributed by atoms with Crippen molar-refractivity contribution in [2.24, 2.45) is 0 Å². The molecule has 1 fully saturated rings. The van der Waals surface area contributed by atoms with Crippen molar-refractivity contribution in [3.05, 3.63) is 30.1 Å². The summed E-state index contributed by atoms with van der Waals surface area (Å²) in [6, 6.07) is 1.92. The molecule has 0 saturated heterocycles.